The minimum Gasteiger partial charge on any atom is -0.848 e. The molecule has 2 atom stereocenters. The molecule has 1 heterocycles. The first-order valence-electron chi connectivity index (χ1n) is 7.17. The first kappa shape index (κ1) is 12.4. The van der Waals surface area contributed by atoms with Gasteiger partial charge in [-0.3, -0.25) is 0 Å². The summed E-state index contributed by atoms with van der Waals surface area (Å²) in [4.78, 5) is 0. The summed E-state index contributed by atoms with van der Waals surface area (Å²) in [5, 5.41) is 14.3. The molecule has 0 amide bonds. The Balaban J connectivity index is 1.83. The van der Waals surface area contributed by atoms with Gasteiger partial charge in [0.25, 0.3) is 0 Å². The van der Waals surface area contributed by atoms with Crippen molar-refractivity contribution in [2.45, 2.75) is 64.5 Å². The van der Waals surface area contributed by atoms with Crippen LogP contribution in [0.5, 0.6) is 0 Å². The van der Waals surface area contributed by atoms with Gasteiger partial charge >= 0.3 is 0 Å². The van der Waals surface area contributed by atoms with E-state index in [1.807, 2.05) is 0 Å². The van der Waals surface area contributed by atoms with Crippen molar-refractivity contribution in [3.63, 3.8) is 0 Å². The van der Waals surface area contributed by atoms with Crippen LogP contribution in [0.3, 0.4) is 0 Å². The van der Waals surface area contributed by atoms with Crippen LogP contribution >= 0.6 is 0 Å². The standard InChI is InChI=1S/C14H26NO/c1-10(2)11-5-7-12(8-6-11)14-13(16)4-3-9-15-14/h10-15H,3-9H2,1-2H3/q-1/p+1. The molecule has 0 aromatic carbocycles. The molecule has 1 aliphatic carbocycles. The normalized spacial score (nSPS) is 41.2. The third kappa shape index (κ3) is 2.78. The summed E-state index contributed by atoms with van der Waals surface area (Å²) in [5.41, 5.74) is 0. The van der Waals surface area contributed by atoms with Crippen molar-refractivity contribution >= 4 is 0 Å². The molecule has 0 spiro atoms. The fourth-order valence-corrected chi connectivity index (χ4v) is 3.67. The molecule has 2 rings (SSSR count). The SMILES string of the molecule is CC(C)C1CCC(C2[NH2+]CCCC2[O-])CC1. The highest BCUT2D eigenvalue weighted by Gasteiger charge is 2.33. The number of rotatable bonds is 2. The molecular formula is C14H27NO. The largest absolute Gasteiger partial charge is 0.848 e. The van der Waals surface area contributed by atoms with E-state index in [4.69, 9.17) is 0 Å². The van der Waals surface area contributed by atoms with Crippen LogP contribution in [0.1, 0.15) is 52.4 Å². The zero-order chi connectivity index (χ0) is 11.5. The van der Waals surface area contributed by atoms with Crippen molar-refractivity contribution < 1.29 is 10.4 Å². The molecule has 0 aromatic heterocycles. The maximum Gasteiger partial charge on any atom is 0.0761 e. The first-order valence-corrected chi connectivity index (χ1v) is 7.17. The average molecular weight is 225 g/mol. The summed E-state index contributed by atoms with van der Waals surface area (Å²) >= 11 is 0. The Hall–Kier alpha value is -0.0800. The lowest BCUT2D eigenvalue weighted by atomic mass is 9.73. The molecule has 2 N–H and O–H groups in total. The van der Waals surface area contributed by atoms with Crippen molar-refractivity contribution in [2.24, 2.45) is 17.8 Å². The molecular weight excluding hydrogens is 198 g/mol. The van der Waals surface area contributed by atoms with E-state index in [-0.39, 0.29) is 6.10 Å². The van der Waals surface area contributed by atoms with E-state index in [1.165, 1.54) is 32.2 Å². The second-order valence-electron chi connectivity index (χ2n) is 6.20. The summed E-state index contributed by atoms with van der Waals surface area (Å²) in [5.74, 6) is 2.47. The van der Waals surface area contributed by atoms with Gasteiger partial charge in [0.1, 0.15) is 0 Å². The predicted molar refractivity (Wildman–Crippen MR) is 63.9 cm³/mol. The van der Waals surface area contributed by atoms with Crippen molar-refractivity contribution in [1.82, 2.24) is 0 Å². The Kier molecular flexibility index (Phi) is 4.26. The molecule has 1 saturated carbocycles. The van der Waals surface area contributed by atoms with Crippen molar-refractivity contribution in [2.75, 3.05) is 6.54 Å². The van der Waals surface area contributed by atoms with Crippen molar-refractivity contribution in [1.29, 1.82) is 0 Å². The maximum absolute atomic E-state index is 12.0. The first-order chi connectivity index (χ1) is 7.68. The Morgan fingerprint density at radius 1 is 1.06 bits per heavy atom. The lowest BCUT2D eigenvalue weighted by Gasteiger charge is -2.42. The molecule has 0 aromatic rings. The zero-order valence-corrected chi connectivity index (χ0v) is 10.8. The summed E-state index contributed by atoms with van der Waals surface area (Å²) < 4.78 is 0. The molecule has 0 bridgehead atoms. The van der Waals surface area contributed by atoms with Gasteiger partial charge in [-0.15, -0.1) is 0 Å². The summed E-state index contributed by atoms with van der Waals surface area (Å²) in [6, 6.07) is 0.405. The Morgan fingerprint density at radius 2 is 1.75 bits per heavy atom. The van der Waals surface area contributed by atoms with Crippen LogP contribution in [0.15, 0.2) is 0 Å². The monoisotopic (exact) mass is 225 g/mol. The van der Waals surface area contributed by atoms with Crippen LogP contribution in [0.4, 0.5) is 0 Å². The van der Waals surface area contributed by atoms with Crippen molar-refractivity contribution in [3.8, 4) is 0 Å². The Morgan fingerprint density at radius 3 is 2.31 bits per heavy atom. The predicted octanol–water partition coefficient (Wildman–Crippen LogP) is 0.903. The summed E-state index contributed by atoms with van der Waals surface area (Å²) in [7, 11) is 0. The topological polar surface area (TPSA) is 39.7 Å². The molecule has 2 aliphatic rings. The minimum absolute atomic E-state index is 0.283. The second-order valence-corrected chi connectivity index (χ2v) is 6.20. The molecule has 94 valence electrons. The van der Waals surface area contributed by atoms with Gasteiger partial charge in [0, 0.05) is 5.92 Å². The molecule has 1 aliphatic heterocycles. The van der Waals surface area contributed by atoms with Crippen LogP contribution in [0.2, 0.25) is 0 Å². The van der Waals surface area contributed by atoms with Gasteiger partial charge in [-0.05, 0) is 43.9 Å². The molecule has 1 saturated heterocycles. The third-order valence-corrected chi connectivity index (χ3v) is 4.86. The van der Waals surface area contributed by atoms with Gasteiger partial charge in [-0.2, -0.15) is 0 Å². The van der Waals surface area contributed by atoms with Crippen LogP contribution in [0, 0.1) is 17.8 Å². The fraction of sp³-hybridized carbons (Fsp3) is 1.00. The van der Waals surface area contributed by atoms with E-state index >= 15 is 0 Å². The van der Waals surface area contributed by atoms with Gasteiger partial charge in [-0.25, -0.2) is 0 Å². The third-order valence-electron chi connectivity index (χ3n) is 4.86. The Labute approximate surface area is 99.8 Å². The second kappa shape index (κ2) is 5.50. The highest BCUT2D eigenvalue weighted by atomic mass is 16.3. The van der Waals surface area contributed by atoms with Crippen LogP contribution in [-0.4, -0.2) is 18.7 Å². The van der Waals surface area contributed by atoms with Gasteiger partial charge in [0.05, 0.1) is 12.6 Å². The van der Waals surface area contributed by atoms with E-state index in [9.17, 15) is 5.11 Å². The molecule has 16 heavy (non-hydrogen) atoms. The van der Waals surface area contributed by atoms with E-state index in [2.05, 4.69) is 19.2 Å². The number of nitrogens with two attached hydrogens (primary N) is 1. The zero-order valence-electron chi connectivity index (χ0n) is 10.8. The lowest BCUT2D eigenvalue weighted by molar-refractivity contribution is -0.735. The number of hydrogen-bond acceptors (Lipinski definition) is 1. The number of piperidine rings is 1. The molecule has 0 radical (unpaired) electrons. The van der Waals surface area contributed by atoms with Crippen molar-refractivity contribution in [3.05, 3.63) is 0 Å². The molecule has 2 fully saturated rings. The number of quaternary nitrogens is 1. The van der Waals surface area contributed by atoms with Gasteiger partial charge in [0.15, 0.2) is 0 Å². The highest BCUT2D eigenvalue weighted by molar-refractivity contribution is 4.82. The summed E-state index contributed by atoms with van der Waals surface area (Å²) in [6.45, 7) is 5.87. The van der Waals surface area contributed by atoms with Crippen LogP contribution in [-0.2, 0) is 0 Å². The lowest BCUT2D eigenvalue weighted by Crippen LogP contribution is -2.96. The fourth-order valence-electron chi connectivity index (χ4n) is 3.67. The quantitative estimate of drug-likeness (QED) is 0.745. The molecule has 2 heteroatoms. The van der Waals surface area contributed by atoms with E-state index < -0.39 is 0 Å². The highest BCUT2D eigenvalue weighted by Crippen LogP contribution is 2.35. The minimum atomic E-state index is -0.283. The smallest absolute Gasteiger partial charge is 0.0761 e. The van der Waals surface area contributed by atoms with Gasteiger partial charge < -0.3 is 10.4 Å². The van der Waals surface area contributed by atoms with Crippen LogP contribution < -0.4 is 10.4 Å². The maximum atomic E-state index is 12.0. The summed E-state index contributed by atoms with van der Waals surface area (Å²) in [6.07, 6.45) is 7.11. The number of hydrogen-bond donors (Lipinski definition) is 1. The Bertz CT molecular complexity index is 209. The van der Waals surface area contributed by atoms with Crippen LogP contribution in [0.25, 0.3) is 0 Å². The van der Waals surface area contributed by atoms with Gasteiger partial charge in [0.2, 0.25) is 0 Å². The molecule has 2 nitrogen and oxygen atoms in total. The van der Waals surface area contributed by atoms with Gasteiger partial charge in [-0.1, -0.05) is 26.4 Å². The van der Waals surface area contributed by atoms with E-state index in [0.717, 1.165) is 30.6 Å². The van der Waals surface area contributed by atoms with E-state index in [0.29, 0.717) is 6.04 Å². The van der Waals surface area contributed by atoms with E-state index in [1.54, 1.807) is 0 Å². The molecule has 2 unspecified atom stereocenters. The average Bonchev–Trinajstić information content (AvgIpc) is 2.30.